The number of aromatic nitrogens is 3. The molecule has 9 heteroatoms. The van der Waals surface area contributed by atoms with Crippen LogP contribution in [0.1, 0.15) is 46.1 Å². The maximum Gasteiger partial charge on any atom is 0.267 e. The third-order valence-corrected chi connectivity index (χ3v) is 8.32. The highest BCUT2D eigenvalue weighted by Gasteiger charge is 2.30. The molecule has 0 atom stereocenters. The van der Waals surface area contributed by atoms with Gasteiger partial charge in [-0.3, -0.25) is 4.79 Å². The van der Waals surface area contributed by atoms with Crippen molar-refractivity contribution in [3.63, 3.8) is 0 Å². The van der Waals surface area contributed by atoms with E-state index in [2.05, 4.69) is 9.55 Å². The predicted octanol–water partition coefficient (Wildman–Crippen LogP) is 5.59. The highest BCUT2D eigenvalue weighted by Crippen LogP contribution is 2.41. The molecule has 5 aromatic rings. The van der Waals surface area contributed by atoms with Gasteiger partial charge in [-0.25, -0.2) is 27.5 Å². The molecule has 0 aliphatic heterocycles. The lowest BCUT2D eigenvalue weighted by Gasteiger charge is -2.13. The Morgan fingerprint density at radius 1 is 1.00 bits per heavy atom. The van der Waals surface area contributed by atoms with Gasteiger partial charge in [0.05, 0.1) is 17.0 Å². The number of nitrogens with one attached hydrogen (secondary N) is 1. The van der Waals surface area contributed by atoms with Gasteiger partial charge in [-0.2, -0.15) is 0 Å². The van der Waals surface area contributed by atoms with E-state index in [4.69, 9.17) is 4.98 Å². The first-order valence-corrected chi connectivity index (χ1v) is 14.1. The molecular formula is C30H25FN4O3S. The van der Waals surface area contributed by atoms with Crippen LogP contribution in [0.2, 0.25) is 0 Å². The number of amides is 1. The Labute approximate surface area is 225 Å². The van der Waals surface area contributed by atoms with Gasteiger partial charge in [0.15, 0.2) is 5.65 Å². The van der Waals surface area contributed by atoms with Crippen molar-refractivity contribution in [1.29, 1.82) is 0 Å². The molecule has 196 valence electrons. The van der Waals surface area contributed by atoms with Gasteiger partial charge in [0.25, 0.3) is 15.9 Å². The van der Waals surface area contributed by atoms with Crippen molar-refractivity contribution >= 4 is 27.1 Å². The van der Waals surface area contributed by atoms with Crippen molar-refractivity contribution in [1.82, 2.24) is 19.3 Å². The van der Waals surface area contributed by atoms with Gasteiger partial charge in [0.1, 0.15) is 17.2 Å². The van der Waals surface area contributed by atoms with Crippen LogP contribution in [0.25, 0.3) is 22.3 Å². The van der Waals surface area contributed by atoms with E-state index >= 15 is 0 Å². The van der Waals surface area contributed by atoms with Gasteiger partial charge in [-0.15, -0.1) is 0 Å². The Morgan fingerprint density at radius 2 is 1.72 bits per heavy atom. The molecule has 3 aromatic carbocycles. The van der Waals surface area contributed by atoms with Crippen molar-refractivity contribution < 1.29 is 17.6 Å². The van der Waals surface area contributed by atoms with Crippen LogP contribution >= 0.6 is 0 Å². The number of fused-ring (bicyclic) bond motifs is 1. The quantitative estimate of drug-likeness (QED) is 0.290. The van der Waals surface area contributed by atoms with Gasteiger partial charge in [-0.1, -0.05) is 54.6 Å². The lowest BCUT2D eigenvalue weighted by molar-refractivity contribution is 0.0977. The number of hydrogen-bond donors (Lipinski definition) is 1. The second-order valence-corrected chi connectivity index (χ2v) is 11.4. The first-order chi connectivity index (χ1) is 18.8. The molecule has 39 heavy (non-hydrogen) atoms. The number of carbonyl (C=O) groups excluding carboxylic acids is 1. The van der Waals surface area contributed by atoms with Crippen LogP contribution in [0.3, 0.4) is 0 Å². The summed E-state index contributed by atoms with van der Waals surface area (Å²) in [7, 11) is -4.28. The van der Waals surface area contributed by atoms with Crippen LogP contribution in [0.4, 0.5) is 4.39 Å². The molecule has 2 aromatic heterocycles. The molecule has 0 spiro atoms. The highest BCUT2D eigenvalue weighted by molar-refractivity contribution is 7.90. The largest absolute Gasteiger partial charge is 0.308 e. The Hall–Kier alpha value is -4.37. The predicted molar refractivity (Wildman–Crippen MR) is 146 cm³/mol. The minimum Gasteiger partial charge on any atom is -0.308 e. The van der Waals surface area contributed by atoms with Gasteiger partial charge in [0, 0.05) is 17.7 Å². The summed E-state index contributed by atoms with van der Waals surface area (Å²) < 4.78 is 44.6. The number of imidazole rings is 1. The molecule has 0 saturated heterocycles. The summed E-state index contributed by atoms with van der Waals surface area (Å²) in [5, 5.41) is 0. The van der Waals surface area contributed by atoms with Gasteiger partial charge >= 0.3 is 0 Å². The van der Waals surface area contributed by atoms with Crippen molar-refractivity contribution in [3.05, 3.63) is 113 Å². The number of nitrogens with zero attached hydrogens (tertiary/aromatic N) is 3. The van der Waals surface area contributed by atoms with E-state index < -0.39 is 21.7 Å². The Kier molecular flexibility index (Phi) is 6.23. The average molecular weight is 541 g/mol. The highest BCUT2D eigenvalue weighted by atomic mass is 32.2. The maximum absolute atomic E-state index is 14.0. The summed E-state index contributed by atoms with van der Waals surface area (Å²) in [5.74, 6) is -0.316. The Balaban J connectivity index is 1.29. The molecule has 1 N–H and O–H groups in total. The first kappa shape index (κ1) is 24.9. The van der Waals surface area contributed by atoms with E-state index in [9.17, 15) is 17.6 Å². The lowest BCUT2D eigenvalue weighted by Crippen LogP contribution is -2.31. The summed E-state index contributed by atoms with van der Waals surface area (Å²) in [6.07, 6.45) is 4.05. The van der Waals surface area contributed by atoms with Crippen LogP contribution < -0.4 is 4.72 Å². The molecule has 6 rings (SSSR count). The topological polar surface area (TPSA) is 93.9 Å². The van der Waals surface area contributed by atoms with Gasteiger partial charge in [0.2, 0.25) is 0 Å². The summed E-state index contributed by atoms with van der Waals surface area (Å²) in [6, 6.07) is 21.2. The van der Waals surface area contributed by atoms with E-state index in [1.54, 1.807) is 24.4 Å². The van der Waals surface area contributed by atoms with E-state index in [0.717, 1.165) is 47.0 Å². The van der Waals surface area contributed by atoms with Crippen molar-refractivity contribution in [2.45, 2.75) is 37.1 Å². The van der Waals surface area contributed by atoms with E-state index in [1.807, 2.05) is 42.0 Å². The molecule has 1 amide bonds. The zero-order chi connectivity index (χ0) is 27.1. The molecule has 1 saturated carbocycles. The minimum absolute atomic E-state index is 0.0706. The molecular weight excluding hydrogens is 515 g/mol. The molecule has 0 unspecified atom stereocenters. The maximum atomic E-state index is 14.0. The molecule has 7 nitrogen and oxygen atoms in total. The zero-order valence-corrected chi connectivity index (χ0v) is 22.0. The second-order valence-electron chi connectivity index (χ2n) is 9.74. The second kappa shape index (κ2) is 9.74. The van der Waals surface area contributed by atoms with Crippen molar-refractivity contribution in [2.75, 3.05) is 0 Å². The van der Waals surface area contributed by atoms with Crippen molar-refractivity contribution in [2.24, 2.45) is 0 Å². The Bertz CT molecular complexity index is 1830. The minimum atomic E-state index is -4.28. The van der Waals surface area contributed by atoms with E-state index in [0.29, 0.717) is 23.6 Å². The fourth-order valence-corrected chi connectivity index (χ4v) is 5.95. The monoisotopic (exact) mass is 540 g/mol. The number of benzene rings is 3. The summed E-state index contributed by atoms with van der Waals surface area (Å²) in [5.41, 5.74) is 4.67. The number of sulfonamides is 1. The summed E-state index contributed by atoms with van der Waals surface area (Å²) in [6.45, 7) is 2.63. The van der Waals surface area contributed by atoms with E-state index in [-0.39, 0.29) is 10.5 Å². The normalized spacial score (nSPS) is 13.5. The van der Waals surface area contributed by atoms with Crippen LogP contribution in [-0.4, -0.2) is 28.9 Å². The number of aryl methyl sites for hydroxylation is 1. The number of halogens is 1. The summed E-state index contributed by atoms with van der Waals surface area (Å²) >= 11 is 0. The SMILES string of the molecule is Cc1ccnc2c1nc(C1CC1)n2Cc1ccc(-c2ccccc2S(=O)(=O)NC(=O)c2ccccc2F)cc1. The number of carbonyl (C=O) groups is 1. The van der Waals surface area contributed by atoms with Crippen molar-refractivity contribution in [3.8, 4) is 11.1 Å². The Morgan fingerprint density at radius 3 is 2.46 bits per heavy atom. The number of rotatable bonds is 7. The molecule has 0 radical (unpaired) electrons. The summed E-state index contributed by atoms with van der Waals surface area (Å²) in [4.78, 5) is 22.0. The standard InChI is InChI=1S/C30H25FN4O3S/c1-19-16-17-32-29-27(19)33-28(22-14-15-22)35(29)18-20-10-12-21(13-11-20)23-6-3-5-9-26(23)39(37,38)34-30(36)24-7-2-4-8-25(24)31/h2-13,16-17,22H,14-15,18H2,1H3,(H,34,36). The molecule has 1 aliphatic rings. The third-order valence-electron chi connectivity index (χ3n) is 6.94. The van der Waals surface area contributed by atoms with Crippen LogP contribution in [0.5, 0.6) is 0 Å². The number of hydrogen-bond acceptors (Lipinski definition) is 5. The van der Waals surface area contributed by atoms with Gasteiger partial charge in [-0.05, 0) is 60.7 Å². The lowest BCUT2D eigenvalue weighted by atomic mass is 10.0. The fourth-order valence-electron chi connectivity index (χ4n) is 4.75. The van der Waals surface area contributed by atoms with Crippen LogP contribution in [-0.2, 0) is 16.6 Å². The van der Waals surface area contributed by atoms with Crippen LogP contribution in [0, 0.1) is 12.7 Å². The zero-order valence-electron chi connectivity index (χ0n) is 21.1. The van der Waals surface area contributed by atoms with Gasteiger partial charge < -0.3 is 4.57 Å². The van der Waals surface area contributed by atoms with Crippen LogP contribution in [0.15, 0.2) is 90.0 Å². The first-order valence-electron chi connectivity index (χ1n) is 12.6. The molecule has 2 heterocycles. The molecule has 1 fully saturated rings. The molecule has 1 aliphatic carbocycles. The third kappa shape index (κ3) is 4.81. The van der Waals surface area contributed by atoms with E-state index in [1.165, 1.54) is 24.3 Å². The fraction of sp³-hybridized carbons (Fsp3) is 0.167. The molecule has 0 bridgehead atoms. The smallest absolute Gasteiger partial charge is 0.267 e. The average Bonchev–Trinajstić information content (AvgIpc) is 3.71. The number of pyridine rings is 1.